The first-order chi connectivity index (χ1) is 15.3. The van der Waals surface area contributed by atoms with Crippen molar-refractivity contribution in [1.82, 2.24) is 9.62 Å². The summed E-state index contributed by atoms with van der Waals surface area (Å²) in [5.41, 5.74) is 6.55. The van der Waals surface area contributed by atoms with Crippen molar-refractivity contribution in [2.75, 3.05) is 18.1 Å². The number of benzene rings is 2. The molecular formula is C24H29N3O4S. The van der Waals surface area contributed by atoms with E-state index in [-0.39, 0.29) is 12.3 Å². The molecule has 0 unspecified atom stereocenters. The molecule has 2 aromatic carbocycles. The lowest BCUT2D eigenvalue weighted by molar-refractivity contribution is -0.130. The maximum atomic E-state index is 12.6. The topological polar surface area (TPSA) is 95.6 Å². The molecule has 4 rings (SSSR count). The van der Waals surface area contributed by atoms with Crippen LogP contribution in [0, 0.1) is 0 Å². The fourth-order valence-corrected chi connectivity index (χ4v) is 5.54. The molecule has 0 radical (unpaired) electrons. The van der Waals surface area contributed by atoms with Gasteiger partial charge in [-0.05, 0) is 66.3 Å². The van der Waals surface area contributed by atoms with Gasteiger partial charge in [-0.15, -0.1) is 0 Å². The molecule has 3 amide bonds. The van der Waals surface area contributed by atoms with E-state index < -0.39 is 21.8 Å². The first kappa shape index (κ1) is 22.3. The van der Waals surface area contributed by atoms with Crippen LogP contribution in [0.25, 0.3) is 0 Å². The summed E-state index contributed by atoms with van der Waals surface area (Å²) < 4.78 is 27.0. The number of carbonyl (C=O) groups excluding carboxylic acids is 2. The quantitative estimate of drug-likeness (QED) is 0.670. The number of amides is 3. The van der Waals surface area contributed by atoms with Crippen LogP contribution in [0.3, 0.4) is 0 Å². The first-order valence-electron chi connectivity index (χ1n) is 11.1. The van der Waals surface area contributed by atoms with E-state index in [1.54, 1.807) is 7.05 Å². The first-order valence-corrected chi connectivity index (χ1v) is 12.7. The molecule has 0 saturated heterocycles. The third kappa shape index (κ3) is 5.12. The Balaban J connectivity index is 1.34. The monoisotopic (exact) mass is 455 g/mol. The van der Waals surface area contributed by atoms with Crippen LogP contribution in [-0.4, -0.2) is 38.1 Å². The highest BCUT2D eigenvalue weighted by Gasteiger charge is 2.26. The molecule has 0 bridgehead atoms. The van der Waals surface area contributed by atoms with Gasteiger partial charge in [-0.2, -0.15) is 0 Å². The maximum Gasteiger partial charge on any atom is 0.332 e. The fourth-order valence-electron chi connectivity index (χ4n) is 4.66. The van der Waals surface area contributed by atoms with Gasteiger partial charge in [0.1, 0.15) is 0 Å². The minimum Gasteiger partial charge on any atom is -0.341 e. The summed E-state index contributed by atoms with van der Waals surface area (Å²) in [7, 11) is -2.30. The van der Waals surface area contributed by atoms with E-state index in [9.17, 15) is 18.0 Å². The van der Waals surface area contributed by atoms with Crippen LogP contribution < -0.4 is 10.0 Å². The standard InChI is InChI=1S/C24H29N3O4S/c1-27(16-17-7-3-2-4-8-17)22(28)13-14-32(30,31)26-24(29)25-23-20-11-5-9-18(20)15-19-10-6-12-21(19)23/h2-4,7-8,15H,5-6,9-14,16H2,1H3,(H2,25,26,29). The largest absolute Gasteiger partial charge is 0.341 e. The third-order valence-corrected chi connectivity index (χ3v) is 7.47. The zero-order valence-corrected chi connectivity index (χ0v) is 19.1. The van der Waals surface area contributed by atoms with Crippen molar-refractivity contribution in [3.63, 3.8) is 0 Å². The SMILES string of the molecule is CN(Cc1ccccc1)C(=O)CCS(=O)(=O)NC(=O)Nc1c2c(cc3c1CCC3)CCC2. The van der Waals surface area contributed by atoms with Crippen molar-refractivity contribution in [3.05, 3.63) is 64.2 Å². The summed E-state index contributed by atoms with van der Waals surface area (Å²) in [6.45, 7) is 0.401. The molecule has 7 nitrogen and oxygen atoms in total. The lowest BCUT2D eigenvalue weighted by Crippen LogP contribution is -2.38. The molecule has 2 aliphatic carbocycles. The number of fused-ring (bicyclic) bond motifs is 2. The van der Waals surface area contributed by atoms with Gasteiger partial charge in [-0.3, -0.25) is 4.79 Å². The highest BCUT2D eigenvalue weighted by atomic mass is 32.2. The third-order valence-electron chi connectivity index (χ3n) is 6.23. The molecular weight excluding hydrogens is 426 g/mol. The Morgan fingerprint density at radius 1 is 0.969 bits per heavy atom. The Bertz CT molecular complexity index is 1100. The Morgan fingerprint density at radius 2 is 1.59 bits per heavy atom. The average Bonchev–Trinajstić information content (AvgIpc) is 3.41. The lowest BCUT2D eigenvalue weighted by atomic mass is 9.99. The van der Waals surface area contributed by atoms with E-state index in [1.807, 2.05) is 30.3 Å². The van der Waals surface area contributed by atoms with E-state index in [2.05, 4.69) is 16.1 Å². The molecule has 0 aliphatic heterocycles. The van der Waals surface area contributed by atoms with Crippen molar-refractivity contribution in [3.8, 4) is 0 Å². The van der Waals surface area contributed by atoms with E-state index in [1.165, 1.54) is 16.0 Å². The molecule has 0 atom stereocenters. The molecule has 170 valence electrons. The molecule has 0 aromatic heterocycles. The Labute approximate surface area is 189 Å². The number of hydrogen-bond donors (Lipinski definition) is 2. The number of anilines is 1. The van der Waals surface area contributed by atoms with Crippen LogP contribution in [0.15, 0.2) is 36.4 Å². The summed E-state index contributed by atoms with van der Waals surface area (Å²) in [6.07, 6.45) is 5.69. The van der Waals surface area contributed by atoms with E-state index in [0.29, 0.717) is 6.54 Å². The molecule has 0 heterocycles. The van der Waals surface area contributed by atoms with Gasteiger partial charge in [-0.25, -0.2) is 17.9 Å². The van der Waals surface area contributed by atoms with Crippen LogP contribution >= 0.6 is 0 Å². The van der Waals surface area contributed by atoms with Crippen LogP contribution in [0.5, 0.6) is 0 Å². The van der Waals surface area contributed by atoms with Gasteiger partial charge < -0.3 is 10.2 Å². The molecule has 0 fully saturated rings. The second kappa shape index (κ2) is 9.32. The number of nitrogens with one attached hydrogen (secondary N) is 2. The Hall–Kier alpha value is -2.87. The van der Waals surface area contributed by atoms with Gasteiger partial charge in [0.25, 0.3) is 0 Å². The zero-order chi connectivity index (χ0) is 22.7. The molecule has 0 saturated carbocycles. The van der Waals surface area contributed by atoms with Gasteiger partial charge >= 0.3 is 6.03 Å². The van der Waals surface area contributed by atoms with E-state index in [4.69, 9.17) is 0 Å². The summed E-state index contributed by atoms with van der Waals surface area (Å²) in [5, 5.41) is 2.82. The van der Waals surface area contributed by atoms with Crippen LogP contribution in [0.4, 0.5) is 10.5 Å². The predicted octanol–water partition coefficient (Wildman–Crippen LogP) is 3.16. The number of aryl methyl sites for hydroxylation is 2. The fraction of sp³-hybridized carbons (Fsp3) is 0.417. The summed E-state index contributed by atoms with van der Waals surface area (Å²) >= 11 is 0. The lowest BCUT2D eigenvalue weighted by Gasteiger charge is -2.18. The second-order valence-electron chi connectivity index (χ2n) is 8.59. The van der Waals surface area contributed by atoms with Crippen molar-refractivity contribution in [1.29, 1.82) is 0 Å². The van der Waals surface area contributed by atoms with Crippen molar-refractivity contribution in [2.24, 2.45) is 0 Å². The highest BCUT2D eigenvalue weighted by Crippen LogP contribution is 2.38. The summed E-state index contributed by atoms with van der Waals surface area (Å²) in [4.78, 5) is 26.4. The normalized spacial score (nSPS) is 14.5. The van der Waals surface area contributed by atoms with Crippen molar-refractivity contribution in [2.45, 2.75) is 51.5 Å². The maximum absolute atomic E-state index is 12.6. The minimum atomic E-state index is -3.94. The summed E-state index contributed by atoms with van der Waals surface area (Å²) in [5.74, 6) is -0.734. The number of nitrogens with zero attached hydrogens (tertiary/aromatic N) is 1. The van der Waals surface area contributed by atoms with Crippen molar-refractivity contribution >= 4 is 27.6 Å². The van der Waals surface area contributed by atoms with Gasteiger partial charge in [0.2, 0.25) is 15.9 Å². The van der Waals surface area contributed by atoms with Crippen LogP contribution in [0.2, 0.25) is 0 Å². The van der Waals surface area contributed by atoms with E-state index >= 15 is 0 Å². The Kier molecular flexibility index (Phi) is 6.50. The van der Waals surface area contributed by atoms with Crippen LogP contribution in [0.1, 0.15) is 47.1 Å². The highest BCUT2D eigenvalue weighted by molar-refractivity contribution is 7.90. The number of hydrogen-bond acceptors (Lipinski definition) is 4. The van der Waals surface area contributed by atoms with Gasteiger partial charge in [0, 0.05) is 25.7 Å². The second-order valence-corrected chi connectivity index (χ2v) is 10.4. The number of sulfonamides is 1. The van der Waals surface area contributed by atoms with Crippen molar-refractivity contribution < 1.29 is 18.0 Å². The average molecular weight is 456 g/mol. The zero-order valence-electron chi connectivity index (χ0n) is 18.3. The van der Waals surface area contributed by atoms with Gasteiger partial charge in [0.15, 0.2) is 0 Å². The molecule has 0 spiro atoms. The van der Waals surface area contributed by atoms with Gasteiger partial charge in [0.05, 0.1) is 5.75 Å². The smallest absolute Gasteiger partial charge is 0.332 e. The molecule has 2 aromatic rings. The number of carbonyl (C=O) groups is 2. The molecule has 8 heteroatoms. The number of urea groups is 1. The molecule has 2 N–H and O–H groups in total. The molecule has 2 aliphatic rings. The van der Waals surface area contributed by atoms with Gasteiger partial charge in [-0.1, -0.05) is 36.4 Å². The van der Waals surface area contributed by atoms with E-state index in [0.717, 1.165) is 60.9 Å². The minimum absolute atomic E-state index is 0.192. The van der Waals surface area contributed by atoms with Crippen LogP contribution in [-0.2, 0) is 47.0 Å². The number of rotatable bonds is 7. The predicted molar refractivity (Wildman–Crippen MR) is 124 cm³/mol. The Morgan fingerprint density at radius 3 is 2.22 bits per heavy atom. The molecule has 32 heavy (non-hydrogen) atoms. The summed E-state index contributed by atoms with van der Waals surface area (Å²) in [6, 6.07) is 11.0.